The molecule has 0 unspecified atom stereocenters. The molecule has 20 heavy (non-hydrogen) atoms. The van der Waals surface area contributed by atoms with Crippen LogP contribution in [0.3, 0.4) is 0 Å². The van der Waals surface area contributed by atoms with Crippen LogP contribution in [0.5, 0.6) is 0 Å². The standard InChI is InChI=1S/C15H26N2O3/c1-3-20-13-9-11(14(13)19-2)16-15(18)12-5-4-8-17(12)10-6-7-10/h10-14H,3-9H2,1-2H3,(H,16,18)/t11-,12-,13+,14+/m0/s1. The average Bonchev–Trinajstić information content (AvgIpc) is 3.15. The van der Waals surface area contributed by atoms with Gasteiger partial charge in [0.2, 0.25) is 5.91 Å². The van der Waals surface area contributed by atoms with Crippen LogP contribution in [-0.2, 0) is 14.3 Å². The van der Waals surface area contributed by atoms with E-state index in [0.29, 0.717) is 12.6 Å². The van der Waals surface area contributed by atoms with Gasteiger partial charge in [0.15, 0.2) is 0 Å². The highest BCUT2D eigenvalue weighted by Crippen LogP contribution is 2.34. The Morgan fingerprint density at radius 1 is 1.35 bits per heavy atom. The smallest absolute Gasteiger partial charge is 0.237 e. The van der Waals surface area contributed by atoms with Crippen molar-refractivity contribution in [3.63, 3.8) is 0 Å². The van der Waals surface area contributed by atoms with Crippen LogP contribution in [0.4, 0.5) is 0 Å². The highest BCUT2D eigenvalue weighted by atomic mass is 16.5. The molecule has 1 aliphatic heterocycles. The molecule has 1 saturated heterocycles. The van der Waals surface area contributed by atoms with E-state index in [9.17, 15) is 4.79 Å². The van der Waals surface area contributed by atoms with E-state index in [-0.39, 0.29) is 30.2 Å². The number of nitrogens with zero attached hydrogens (tertiary/aromatic N) is 1. The minimum absolute atomic E-state index is 0.00896. The van der Waals surface area contributed by atoms with Gasteiger partial charge < -0.3 is 14.8 Å². The van der Waals surface area contributed by atoms with Crippen molar-refractivity contribution in [1.82, 2.24) is 10.2 Å². The zero-order valence-corrected chi connectivity index (χ0v) is 12.5. The first kappa shape index (κ1) is 14.3. The van der Waals surface area contributed by atoms with Crippen molar-refractivity contribution in [3.05, 3.63) is 0 Å². The molecule has 1 N–H and O–H groups in total. The van der Waals surface area contributed by atoms with Gasteiger partial charge in [0.05, 0.1) is 18.2 Å². The van der Waals surface area contributed by atoms with Gasteiger partial charge >= 0.3 is 0 Å². The molecule has 4 atom stereocenters. The van der Waals surface area contributed by atoms with Crippen molar-refractivity contribution in [1.29, 1.82) is 0 Å². The Bertz CT molecular complexity index is 359. The van der Waals surface area contributed by atoms with Crippen LogP contribution in [0, 0.1) is 0 Å². The maximum Gasteiger partial charge on any atom is 0.237 e. The van der Waals surface area contributed by atoms with Crippen LogP contribution < -0.4 is 5.32 Å². The molecule has 5 heteroatoms. The quantitative estimate of drug-likeness (QED) is 0.787. The van der Waals surface area contributed by atoms with Crippen LogP contribution >= 0.6 is 0 Å². The van der Waals surface area contributed by atoms with Gasteiger partial charge in [0, 0.05) is 19.8 Å². The molecule has 2 aliphatic carbocycles. The number of rotatable bonds is 6. The molecule has 0 bridgehead atoms. The summed E-state index contributed by atoms with van der Waals surface area (Å²) in [5.74, 6) is 0.191. The van der Waals surface area contributed by atoms with Gasteiger partial charge in [-0.15, -0.1) is 0 Å². The van der Waals surface area contributed by atoms with Crippen molar-refractivity contribution in [3.8, 4) is 0 Å². The molecular formula is C15H26N2O3. The number of hydrogen-bond donors (Lipinski definition) is 1. The van der Waals surface area contributed by atoms with Crippen LogP contribution in [0.2, 0.25) is 0 Å². The summed E-state index contributed by atoms with van der Waals surface area (Å²) < 4.78 is 11.1. The first-order valence-corrected chi connectivity index (χ1v) is 7.95. The van der Waals surface area contributed by atoms with E-state index < -0.39 is 0 Å². The van der Waals surface area contributed by atoms with Gasteiger partial charge in [0.1, 0.15) is 6.10 Å². The van der Waals surface area contributed by atoms with Gasteiger partial charge in [-0.2, -0.15) is 0 Å². The molecule has 1 heterocycles. The zero-order valence-electron chi connectivity index (χ0n) is 12.5. The number of ether oxygens (including phenoxy) is 2. The van der Waals surface area contributed by atoms with Crippen molar-refractivity contribution in [2.75, 3.05) is 20.3 Å². The predicted octanol–water partition coefficient (Wildman–Crippen LogP) is 0.922. The SMILES string of the molecule is CCO[C@@H]1C[C@H](NC(=O)[C@@H]2CCCN2C2CC2)[C@H]1OC. The molecule has 114 valence electrons. The van der Waals surface area contributed by atoms with Crippen molar-refractivity contribution in [2.45, 2.75) is 69.4 Å². The summed E-state index contributed by atoms with van der Waals surface area (Å²) in [4.78, 5) is 14.9. The molecule has 0 aromatic rings. The van der Waals surface area contributed by atoms with Crippen LogP contribution in [-0.4, -0.2) is 61.4 Å². The summed E-state index contributed by atoms with van der Waals surface area (Å²) in [5.41, 5.74) is 0. The number of hydrogen-bond acceptors (Lipinski definition) is 4. The van der Waals surface area contributed by atoms with Gasteiger partial charge in [0.25, 0.3) is 0 Å². The van der Waals surface area contributed by atoms with E-state index in [2.05, 4.69) is 10.2 Å². The third-order valence-electron chi connectivity index (χ3n) is 4.84. The minimum atomic E-state index is 0.00896. The summed E-state index contributed by atoms with van der Waals surface area (Å²) in [6.07, 6.45) is 5.69. The number of carbonyl (C=O) groups is 1. The molecular weight excluding hydrogens is 256 g/mol. The van der Waals surface area contributed by atoms with E-state index >= 15 is 0 Å². The fourth-order valence-corrected chi connectivity index (χ4v) is 3.61. The molecule has 1 amide bonds. The van der Waals surface area contributed by atoms with Gasteiger partial charge in [-0.25, -0.2) is 0 Å². The van der Waals surface area contributed by atoms with Crippen LogP contribution in [0.1, 0.15) is 39.0 Å². The maximum absolute atomic E-state index is 12.5. The van der Waals surface area contributed by atoms with E-state index in [0.717, 1.165) is 25.8 Å². The Labute approximate surface area is 121 Å². The Morgan fingerprint density at radius 3 is 2.80 bits per heavy atom. The Balaban J connectivity index is 1.51. The average molecular weight is 282 g/mol. The topological polar surface area (TPSA) is 50.8 Å². The highest BCUT2D eigenvalue weighted by molar-refractivity contribution is 5.82. The third-order valence-corrected chi connectivity index (χ3v) is 4.84. The number of likely N-dealkylation sites (tertiary alicyclic amines) is 1. The fourth-order valence-electron chi connectivity index (χ4n) is 3.61. The Morgan fingerprint density at radius 2 is 2.15 bits per heavy atom. The molecule has 0 aromatic heterocycles. The largest absolute Gasteiger partial charge is 0.377 e. The molecule has 5 nitrogen and oxygen atoms in total. The summed E-state index contributed by atoms with van der Waals surface area (Å²) >= 11 is 0. The fraction of sp³-hybridized carbons (Fsp3) is 0.933. The number of amides is 1. The Kier molecular flexibility index (Phi) is 4.29. The van der Waals surface area contributed by atoms with Crippen LogP contribution in [0.15, 0.2) is 0 Å². The number of carbonyl (C=O) groups excluding carboxylic acids is 1. The molecule has 0 spiro atoms. The third kappa shape index (κ3) is 2.71. The van der Waals surface area contributed by atoms with E-state index in [1.54, 1.807) is 7.11 Å². The summed E-state index contributed by atoms with van der Waals surface area (Å²) in [5, 5.41) is 3.17. The molecule has 3 rings (SSSR count). The summed E-state index contributed by atoms with van der Waals surface area (Å²) in [6.45, 7) is 3.77. The molecule has 0 radical (unpaired) electrons. The second-order valence-electron chi connectivity index (χ2n) is 6.17. The molecule has 3 fully saturated rings. The minimum Gasteiger partial charge on any atom is -0.377 e. The van der Waals surface area contributed by atoms with E-state index in [1.807, 2.05) is 6.92 Å². The van der Waals surface area contributed by atoms with Crippen molar-refractivity contribution in [2.24, 2.45) is 0 Å². The lowest BCUT2D eigenvalue weighted by molar-refractivity contribution is -0.145. The van der Waals surface area contributed by atoms with E-state index in [1.165, 1.54) is 12.8 Å². The van der Waals surface area contributed by atoms with Gasteiger partial charge in [-0.3, -0.25) is 9.69 Å². The lowest BCUT2D eigenvalue weighted by Gasteiger charge is -2.43. The second-order valence-corrected chi connectivity index (χ2v) is 6.17. The maximum atomic E-state index is 12.5. The van der Waals surface area contributed by atoms with Crippen LogP contribution in [0.25, 0.3) is 0 Å². The van der Waals surface area contributed by atoms with E-state index in [4.69, 9.17) is 9.47 Å². The molecule has 3 aliphatic rings. The normalized spacial score (nSPS) is 37.7. The van der Waals surface area contributed by atoms with Gasteiger partial charge in [-0.05, 0) is 45.6 Å². The first-order valence-electron chi connectivity index (χ1n) is 7.95. The monoisotopic (exact) mass is 282 g/mol. The molecule has 0 aromatic carbocycles. The predicted molar refractivity (Wildman–Crippen MR) is 75.5 cm³/mol. The van der Waals surface area contributed by atoms with Crippen molar-refractivity contribution >= 4 is 5.91 Å². The Hall–Kier alpha value is -0.650. The highest BCUT2D eigenvalue weighted by Gasteiger charge is 2.45. The first-order chi connectivity index (χ1) is 9.74. The summed E-state index contributed by atoms with van der Waals surface area (Å²) in [6, 6.07) is 0.876. The molecule has 2 saturated carbocycles. The summed E-state index contributed by atoms with van der Waals surface area (Å²) in [7, 11) is 1.70. The number of methoxy groups -OCH3 is 1. The van der Waals surface area contributed by atoms with Crippen molar-refractivity contribution < 1.29 is 14.3 Å². The lowest BCUT2D eigenvalue weighted by atomic mass is 9.85. The second kappa shape index (κ2) is 6.00. The van der Waals surface area contributed by atoms with Gasteiger partial charge in [-0.1, -0.05) is 0 Å². The zero-order chi connectivity index (χ0) is 14.1. The lowest BCUT2D eigenvalue weighted by Crippen LogP contribution is -2.62. The number of nitrogens with one attached hydrogen (secondary N) is 1.